The molecule has 2 N–H and O–H groups in total. The molecule has 1 amide bonds. The standard InChI is InChI=1S/C22H23F2N3O2/c1-4-6-14(2)15-7-5-8-17(13-15)22(19(28)27(3)21(25)26-22)16-9-11-18(12-10-16)29-20(23)24/h4-5,7-14,20H,1,6H2,2-3H3,(H2,25,26). The van der Waals surface area contributed by atoms with Crippen molar-refractivity contribution >= 4 is 11.9 Å². The molecule has 2 atom stereocenters. The second kappa shape index (κ2) is 8.03. The van der Waals surface area contributed by atoms with Gasteiger partial charge in [-0.1, -0.05) is 49.4 Å². The number of alkyl halides is 2. The van der Waals surface area contributed by atoms with E-state index < -0.39 is 12.2 Å². The lowest BCUT2D eigenvalue weighted by atomic mass is 9.81. The highest BCUT2D eigenvalue weighted by Gasteiger charge is 2.49. The Morgan fingerprint density at radius 2 is 1.93 bits per heavy atom. The summed E-state index contributed by atoms with van der Waals surface area (Å²) < 4.78 is 29.4. The number of halogens is 2. The molecule has 1 aliphatic rings. The van der Waals surface area contributed by atoms with E-state index >= 15 is 0 Å². The molecule has 0 spiro atoms. The zero-order valence-corrected chi connectivity index (χ0v) is 16.3. The molecule has 0 aliphatic carbocycles. The molecule has 0 saturated heterocycles. The molecule has 5 nitrogen and oxygen atoms in total. The van der Waals surface area contributed by atoms with Gasteiger partial charge in [0.25, 0.3) is 5.91 Å². The third-order valence-corrected chi connectivity index (χ3v) is 5.13. The van der Waals surface area contributed by atoms with Crippen LogP contribution < -0.4 is 10.5 Å². The van der Waals surface area contributed by atoms with E-state index in [1.165, 1.54) is 17.0 Å². The van der Waals surface area contributed by atoms with E-state index in [4.69, 9.17) is 5.73 Å². The van der Waals surface area contributed by atoms with Crippen LogP contribution in [0.15, 0.2) is 66.2 Å². The Balaban J connectivity index is 2.13. The average molecular weight is 399 g/mol. The molecule has 2 aromatic carbocycles. The van der Waals surface area contributed by atoms with Crippen LogP contribution in [0, 0.1) is 0 Å². The fourth-order valence-electron chi connectivity index (χ4n) is 3.52. The molecule has 29 heavy (non-hydrogen) atoms. The Kier molecular flexibility index (Phi) is 5.68. The van der Waals surface area contributed by atoms with Gasteiger partial charge in [-0.2, -0.15) is 8.78 Å². The van der Waals surface area contributed by atoms with Crippen LogP contribution in [0.3, 0.4) is 0 Å². The Labute approximate surface area is 168 Å². The van der Waals surface area contributed by atoms with Gasteiger partial charge in [0.1, 0.15) is 5.75 Å². The number of nitrogens with zero attached hydrogens (tertiary/aromatic N) is 2. The monoisotopic (exact) mass is 399 g/mol. The fourth-order valence-corrected chi connectivity index (χ4v) is 3.52. The maximum absolute atomic E-state index is 13.3. The number of hydrogen-bond acceptors (Lipinski definition) is 4. The molecule has 0 bridgehead atoms. The van der Waals surface area contributed by atoms with E-state index in [2.05, 4.69) is 23.2 Å². The lowest BCUT2D eigenvalue weighted by molar-refractivity contribution is -0.129. The number of aliphatic imine (C=N–C) groups is 1. The topological polar surface area (TPSA) is 67.9 Å². The van der Waals surface area contributed by atoms with Crippen LogP contribution >= 0.6 is 0 Å². The zero-order valence-electron chi connectivity index (χ0n) is 16.3. The Morgan fingerprint density at radius 3 is 2.48 bits per heavy atom. The summed E-state index contributed by atoms with van der Waals surface area (Å²) in [7, 11) is 1.56. The number of carbonyl (C=O) groups excluding carboxylic acids is 1. The minimum atomic E-state index is -2.93. The smallest absolute Gasteiger partial charge is 0.387 e. The first-order valence-electron chi connectivity index (χ1n) is 9.19. The van der Waals surface area contributed by atoms with E-state index in [1.807, 2.05) is 30.3 Å². The van der Waals surface area contributed by atoms with E-state index in [0.29, 0.717) is 11.1 Å². The van der Waals surface area contributed by atoms with E-state index in [0.717, 1.165) is 12.0 Å². The molecule has 1 heterocycles. The average Bonchev–Trinajstić information content (AvgIpc) is 2.93. The van der Waals surface area contributed by atoms with Gasteiger partial charge in [-0.25, -0.2) is 4.99 Å². The second-order valence-corrected chi connectivity index (χ2v) is 7.00. The van der Waals surface area contributed by atoms with E-state index in [1.54, 1.807) is 19.2 Å². The van der Waals surface area contributed by atoms with Crippen LogP contribution in [-0.4, -0.2) is 30.4 Å². The summed E-state index contributed by atoms with van der Waals surface area (Å²) in [6, 6.07) is 13.5. The van der Waals surface area contributed by atoms with Crippen LogP contribution in [0.4, 0.5) is 8.78 Å². The predicted octanol–water partition coefficient (Wildman–Crippen LogP) is 4.00. The number of allylic oxidation sites excluding steroid dienone is 1. The van der Waals surface area contributed by atoms with Gasteiger partial charge in [0.15, 0.2) is 11.5 Å². The van der Waals surface area contributed by atoms with Gasteiger partial charge in [-0.15, -0.1) is 6.58 Å². The number of benzene rings is 2. The number of rotatable bonds is 7. The molecular weight excluding hydrogens is 376 g/mol. The summed E-state index contributed by atoms with van der Waals surface area (Å²) in [6.07, 6.45) is 2.63. The fraction of sp³-hybridized carbons (Fsp3) is 0.273. The Bertz CT molecular complexity index is 943. The SMILES string of the molecule is C=CCC(C)c1cccc(C2(c3ccc(OC(F)F)cc3)N=C(N)N(C)C2=O)c1. The van der Waals surface area contributed by atoms with Crippen molar-refractivity contribution in [1.82, 2.24) is 4.90 Å². The van der Waals surface area contributed by atoms with Gasteiger partial charge in [0.05, 0.1) is 0 Å². The molecule has 0 fully saturated rings. The second-order valence-electron chi connectivity index (χ2n) is 7.00. The quantitative estimate of drug-likeness (QED) is 0.716. The molecule has 152 valence electrons. The Hall–Kier alpha value is -3.22. The minimum Gasteiger partial charge on any atom is -0.435 e. The van der Waals surface area contributed by atoms with Gasteiger partial charge in [0, 0.05) is 7.05 Å². The molecule has 2 aromatic rings. The number of carbonyl (C=O) groups is 1. The number of likely N-dealkylation sites (N-methyl/N-ethyl adjacent to an activating group) is 1. The summed E-state index contributed by atoms with van der Waals surface area (Å²) in [4.78, 5) is 19.1. The highest BCUT2D eigenvalue weighted by molar-refractivity contribution is 6.08. The van der Waals surface area contributed by atoms with Gasteiger partial charge in [-0.05, 0) is 41.2 Å². The predicted molar refractivity (Wildman–Crippen MR) is 108 cm³/mol. The van der Waals surface area contributed by atoms with Crippen LogP contribution in [0.5, 0.6) is 5.75 Å². The third kappa shape index (κ3) is 3.72. The van der Waals surface area contributed by atoms with Crippen molar-refractivity contribution in [3.63, 3.8) is 0 Å². The number of guanidine groups is 1. The van der Waals surface area contributed by atoms with E-state index in [-0.39, 0.29) is 23.5 Å². The first-order chi connectivity index (χ1) is 13.8. The van der Waals surface area contributed by atoms with E-state index in [9.17, 15) is 13.6 Å². The van der Waals surface area contributed by atoms with Gasteiger partial charge >= 0.3 is 6.61 Å². The van der Waals surface area contributed by atoms with Crippen molar-refractivity contribution in [2.24, 2.45) is 10.7 Å². The normalized spacial score (nSPS) is 20.0. The number of nitrogens with two attached hydrogens (primary N) is 1. The van der Waals surface area contributed by atoms with Crippen molar-refractivity contribution in [1.29, 1.82) is 0 Å². The van der Waals surface area contributed by atoms with Crippen LogP contribution in [0.25, 0.3) is 0 Å². The molecule has 7 heteroatoms. The van der Waals surface area contributed by atoms with Gasteiger partial charge in [-0.3, -0.25) is 9.69 Å². The maximum Gasteiger partial charge on any atom is 0.387 e. The molecule has 0 saturated carbocycles. The minimum absolute atomic E-state index is 0.00279. The highest BCUT2D eigenvalue weighted by atomic mass is 19.3. The number of hydrogen-bond donors (Lipinski definition) is 1. The summed E-state index contributed by atoms with van der Waals surface area (Å²) in [5.74, 6) is -0.0108. The molecule has 2 unspecified atom stereocenters. The molecule has 0 aromatic heterocycles. The van der Waals surface area contributed by atoms with Crippen LogP contribution in [0.1, 0.15) is 36.0 Å². The maximum atomic E-state index is 13.3. The van der Waals surface area contributed by atoms with Crippen molar-refractivity contribution < 1.29 is 18.3 Å². The summed E-state index contributed by atoms with van der Waals surface area (Å²) in [5, 5.41) is 0. The van der Waals surface area contributed by atoms with Gasteiger partial charge < -0.3 is 10.5 Å². The lowest BCUT2D eigenvalue weighted by Crippen LogP contribution is -2.41. The first-order valence-corrected chi connectivity index (χ1v) is 9.19. The van der Waals surface area contributed by atoms with Crippen molar-refractivity contribution in [2.45, 2.75) is 31.4 Å². The molecule has 0 radical (unpaired) electrons. The van der Waals surface area contributed by atoms with Crippen molar-refractivity contribution in [3.05, 3.63) is 77.9 Å². The van der Waals surface area contributed by atoms with Gasteiger partial charge in [0.2, 0.25) is 0 Å². The molecule has 1 aliphatic heterocycles. The Morgan fingerprint density at radius 1 is 1.24 bits per heavy atom. The number of amides is 1. The van der Waals surface area contributed by atoms with Crippen molar-refractivity contribution in [2.75, 3.05) is 7.05 Å². The lowest BCUT2D eigenvalue weighted by Gasteiger charge is -2.27. The molecule has 3 rings (SSSR count). The van der Waals surface area contributed by atoms with Crippen LogP contribution in [0.2, 0.25) is 0 Å². The van der Waals surface area contributed by atoms with Crippen molar-refractivity contribution in [3.8, 4) is 5.75 Å². The number of ether oxygens (including phenoxy) is 1. The first kappa shape index (κ1) is 20.5. The zero-order chi connectivity index (χ0) is 21.2. The summed E-state index contributed by atoms with van der Waals surface area (Å²) in [5.41, 5.74) is 6.81. The molecular formula is C22H23F2N3O2. The largest absolute Gasteiger partial charge is 0.435 e. The highest BCUT2D eigenvalue weighted by Crippen LogP contribution is 2.40. The summed E-state index contributed by atoms with van der Waals surface area (Å²) in [6.45, 7) is 2.93. The third-order valence-electron chi connectivity index (χ3n) is 5.13. The van der Waals surface area contributed by atoms with Crippen LogP contribution in [-0.2, 0) is 10.3 Å². The summed E-state index contributed by atoms with van der Waals surface area (Å²) >= 11 is 0.